The molecule has 2 amide bonds. The van der Waals surface area contributed by atoms with Gasteiger partial charge < -0.3 is 15.7 Å². The zero-order chi connectivity index (χ0) is 14.5. The number of para-hydroxylation sites is 1. The van der Waals surface area contributed by atoms with Crippen molar-refractivity contribution in [3.8, 4) is 0 Å². The first-order valence-electron chi connectivity index (χ1n) is 6.03. The van der Waals surface area contributed by atoms with Crippen molar-refractivity contribution in [2.24, 2.45) is 0 Å². The Hall–Kier alpha value is -2.83. The number of aryl methyl sites for hydroxylation is 1. The van der Waals surface area contributed by atoms with Gasteiger partial charge in [0.2, 0.25) is 0 Å². The molecule has 0 atom stereocenters. The summed E-state index contributed by atoms with van der Waals surface area (Å²) in [7, 11) is 0. The number of nitrogens with one attached hydrogen (secondary N) is 2. The van der Waals surface area contributed by atoms with Crippen LogP contribution in [0.5, 0.6) is 0 Å². The number of aromatic carboxylic acids is 1. The van der Waals surface area contributed by atoms with Crippen molar-refractivity contribution < 1.29 is 14.7 Å². The van der Waals surface area contributed by atoms with Crippen LogP contribution in [0.4, 0.5) is 16.2 Å². The van der Waals surface area contributed by atoms with E-state index in [1.54, 1.807) is 23.0 Å². The Kier molecular flexibility index (Phi) is 3.99. The van der Waals surface area contributed by atoms with Crippen molar-refractivity contribution in [2.75, 3.05) is 10.6 Å². The van der Waals surface area contributed by atoms with Crippen LogP contribution >= 0.6 is 0 Å². The number of amides is 2. The van der Waals surface area contributed by atoms with E-state index in [9.17, 15) is 9.59 Å². The second-order valence-corrected chi connectivity index (χ2v) is 4.01. The van der Waals surface area contributed by atoms with Crippen molar-refractivity contribution in [1.29, 1.82) is 0 Å². The Labute approximate surface area is 115 Å². The molecule has 0 unspecified atom stereocenters. The van der Waals surface area contributed by atoms with Crippen LogP contribution in [-0.2, 0) is 6.54 Å². The molecule has 0 saturated carbocycles. The maximum absolute atomic E-state index is 11.8. The number of urea groups is 1. The third-order valence-electron chi connectivity index (χ3n) is 2.62. The monoisotopic (exact) mass is 274 g/mol. The standard InChI is InChI=1S/C13H14N4O3/c1-2-17-8-9(7-14-17)15-13(20)16-11-6-4-3-5-10(11)12(18)19/h3-8H,2H2,1H3,(H,18,19)(H2,15,16,20). The van der Waals surface area contributed by atoms with E-state index < -0.39 is 12.0 Å². The predicted molar refractivity (Wildman–Crippen MR) is 73.9 cm³/mol. The molecular weight excluding hydrogens is 260 g/mol. The van der Waals surface area contributed by atoms with E-state index in [4.69, 9.17) is 5.11 Å². The molecule has 7 nitrogen and oxygen atoms in total. The number of hydrogen-bond acceptors (Lipinski definition) is 3. The van der Waals surface area contributed by atoms with E-state index in [0.717, 1.165) is 0 Å². The van der Waals surface area contributed by atoms with Crippen LogP contribution in [0.15, 0.2) is 36.7 Å². The average molecular weight is 274 g/mol. The van der Waals surface area contributed by atoms with Crippen molar-refractivity contribution in [3.05, 3.63) is 42.2 Å². The number of aromatic nitrogens is 2. The van der Waals surface area contributed by atoms with Gasteiger partial charge in [-0.25, -0.2) is 9.59 Å². The lowest BCUT2D eigenvalue weighted by molar-refractivity contribution is 0.0698. The molecule has 0 aliphatic carbocycles. The fourth-order valence-corrected chi connectivity index (χ4v) is 1.66. The van der Waals surface area contributed by atoms with E-state index in [2.05, 4.69) is 15.7 Å². The maximum Gasteiger partial charge on any atom is 0.337 e. The SMILES string of the molecule is CCn1cc(NC(=O)Nc2ccccc2C(=O)O)cn1. The first-order valence-corrected chi connectivity index (χ1v) is 6.03. The zero-order valence-electron chi connectivity index (χ0n) is 10.8. The molecule has 20 heavy (non-hydrogen) atoms. The number of carboxylic acids is 1. The molecule has 1 aromatic carbocycles. The van der Waals surface area contributed by atoms with Crippen molar-refractivity contribution in [2.45, 2.75) is 13.5 Å². The van der Waals surface area contributed by atoms with Gasteiger partial charge in [0.15, 0.2) is 0 Å². The van der Waals surface area contributed by atoms with Gasteiger partial charge in [0, 0.05) is 12.7 Å². The lowest BCUT2D eigenvalue weighted by Gasteiger charge is -2.08. The fraction of sp³-hybridized carbons (Fsp3) is 0.154. The van der Waals surface area contributed by atoms with Crippen molar-refractivity contribution in [1.82, 2.24) is 9.78 Å². The molecule has 0 saturated heterocycles. The molecule has 0 aliphatic heterocycles. The topological polar surface area (TPSA) is 96.2 Å². The molecule has 0 aliphatic rings. The van der Waals surface area contributed by atoms with Crippen LogP contribution in [0, 0.1) is 0 Å². The van der Waals surface area contributed by atoms with Crippen LogP contribution in [0.3, 0.4) is 0 Å². The lowest BCUT2D eigenvalue weighted by Crippen LogP contribution is -2.20. The van der Waals surface area contributed by atoms with E-state index >= 15 is 0 Å². The lowest BCUT2D eigenvalue weighted by atomic mass is 10.2. The maximum atomic E-state index is 11.8. The van der Waals surface area contributed by atoms with Gasteiger partial charge >= 0.3 is 12.0 Å². The number of hydrogen-bond donors (Lipinski definition) is 3. The Balaban J connectivity index is 2.06. The van der Waals surface area contributed by atoms with Gasteiger partial charge in [-0.3, -0.25) is 4.68 Å². The molecule has 104 valence electrons. The molecule has 2 rings (SSSR count). The minimum atomic E-state index is -1.10. The van der Waals surface area contributed by atoms with Crippen LogP contribution in [0.1, 0.15) is 17.3 Å². The van der Waals surface area contributed by atoms with Gasteiger partial charge in [0.25, 0.3) is 0 Å². The predicted octanol–water partition coefficient (Wildman–Crippen LogP) is 2.25. The van der Waals surface area contributed by atoms with Crippen LogP contribution in [0.25, 0.3) is 0 Å². The Morgan fingerprint density at radius 2 is 2.05 bits per heavy atom. The summed E-state index contributed by atoms with van der Waals surface area (Å²) in [6.45, 7) is 2.63. The number of carbonyl (C=O) groups is 2. The smallest absolute Gasteiger partial charge is 0.337 e. The largest absolute Gasteiger partial charge is 0.478 e. The Morgan fingerprint density at radius 1 is 1.30 bits per heavy atom. The quantitative estimate of drug-likeness (QED) is 0.796. The molecular formula is C13H14N4O3. The molecule has 0 fully saturated rings. The summed E-state index contributed by atoms with van der Waals surface area (Å²) >= 11 is 0. The fourth-order valence-electron chi connectivity index (χ4n) is 1.66. The summed E-state index contributed by atoms with van der Waals surface area (Å²) in [5, 5.41) is 18.1. The van der Waals surface area contributed by atoms with Gasteiger partial charge in [0.1, 0.15) is 0 Å². The number of benzene rings is 1. The highest BCUT2D eigenvalue weighted by Crippen LogP contribution is 2.15. The zero-order valence-corrected chi connectivity index (χ0v) is 10.8. The van der Waals surface area contributed by atoms with Crippen LogP contribution < -0.4 is 10.6 Å². The second kappa shape index (κ2) is 5.87. The van der Waals surface area contributed by atoms with Crippen molar-refractivity contribution >= 4 is 23.4 Å². The first-order chi connectivity index (χ1) is 9.60. The highest BCUT2D eigenvalue weighted by molar-refractivity contribution is 6.04. The molecule has 3 N–H and O–H groups in total. The normalized spacial score (nSPS) is 10.1. The van der Waals surface area contributed by atoms with Crippen molar-refractivity contribution in [3.63, 3.8) is 0 Å². The van der Waals surface area contributed by atoms with Gasteiger partial charge in [-0.2, -0.15) is 5.10 Å². The third kappa shape index (κ3) is 3.14. The Morgan fingerprint density at radius 3 is 2.70 bits per heavy atom. The molecule has 0 bridgehead atoms. The van der Waals surface area contributed by atoms with E-state index in [-0.39, 0.29) is 11.3 Å². The van der Waals surface area contributed by atoms with E-state index in [1.807, 2.05) is 6.92 Å². The minimum absolute atomic E-state index is 0.0342. The van der Waals surface area contributed by atoms with E-state index in [1.165, 1.54) is 18.3 Å². The molecule has 0 radical (unpaired) electrons. The van der Waals surface area contributed by atoms with Gasteiger partial charge in [0.05, 0.1) is 23.1 Å². The minimum Gasteiger partial charge on any atom is -0.478 e. The third-order valence-corrected chi connectivity index (χ3v) is 2.62. The number of anilines is 2. The second-order valence-electron chi connectivity index (χ2n) is 4.01. The van der Waals surface area contributed by atoms with Crippen LogP contribution in [-0.4, -0.2) is 26.9 Å². The van der Waals surface area contributed by atoms with Gasteiger partial charge in [-0.15, -0.1) is 0 Å². The molecule has 2 aromatic rings. The summed E-state index contributed by atoms with van der Waals surface area (Å²) in [4.78, 5) is 22.8. The number of carbonyl (C=O) groups excluding carboxylic acids is 1. The summed E-state index contributed by atoms with van der Waals surface area (Å²) in [5.41, 5.74) is 0.810. The highest BCUT2D eigenvalue weighted by atomic mass is 16.4. The summed E-state index contributed by atoms with van der Waals surface area (Å²) < 4.78 is 1.67. The number of rotatable bonds is 4. The molecule has 1 aromatic heterocycles. The van der Waals surface area contributed by atoms with E-state index in [0.29, 0.717) is 12.2 Å². The summed E-state index contributed by atoms with van der Waals surface area (Å²) in [6.07, 6.45) is 3.20. The molecule has 7 heteroatoms. The number of carboxylic acid groups (broad SMARTS) is 1. The first kappa shape index (κ1) is 13.6. The molecule has 1 heterocycles. The van der Waals surface area contributed by atoms with Gasteiger partial charge in [-0.1, -0.05) is 12.1 Å². The highest BCUT2D eigenvalue weighted by Gasteiger charge is 2.11. The van der Waals surface area contributed by atoms with Crippen LogP contribution in [0.2, 0.25) is 0 Å². The molecule has 0 spiro atoms. The summed E-state index contributed by atoms with van der Waals surface area (Å²) in [6, 6.07) is 5.68. The van der Waals surface area contributed by atoms with Gasteiger partial charge in [-0.05, 0) is 19.1 Å². The number of nitrogens with zero attached hydrogens (tertiary/aromatic N) is 2. The Bertz CT molecular complexity index is 636. The summed E-state index contributed by atoms with van der Waals surface area (Å²) in [5.74, 6) is -1.10. The average Bonchev–Trinajstić information content (AvgIpc) is 2.86.